The van der Waals surface area contributed by atoms with Gasteiger partial charge in [-0.25, -0.2) is 0 Å². The lowest BCUT2D eigenvalue weighted by molar-refractivity contribution is -0.141. The van der Waals surface area contributed by atoms with Crippen molar-refractivity contribution < 1.29 is 102 Å². The smallest absolute Gasteiger partial charge is 0.317 e. The van der Waals surface area contributed by atoms with Crippen LogP contribution in [-0.2, 0) is 71.9 Å². The van der Waals surface area contributed by atoms with Crippen molar-refractivity contribution in [2.24, 2.45) is 17.6 Å². The summed E-state index contributed by atoms with van der Waals surface area (Å²) < 4.78 is 4.88. The van der Waals surface area contributed by atoms with Crippen molar-refractivity contribution >= 4 is 83.4 Å². The molecule has 30 heteroatoms. The zero-order valence-corrected chi connectivity index (χ0v) is 42.5. The molecule has 0 spiro atoms. The molecule has 0 aromatic heterocycles. The predicted octanol–water partition coefficient (Wildman–Crippen LogP) is -3.64. The molecular weight excluding hydrogens is 1010 g/mol. The van der Waals surface area contributed by atoms with Gasteiger partial charge in [0.1, 0.15) is 12.8 Å². The van der Waals surface area contributed by atoms with Crippen molar-refractivity contribution in [3.05, 3.63) is 0 Å². The molecule has 1 aliphatic rings. The number of hydrogen-bond acceptors (Lipinski definition) is 19. The number of nitrogens with two attached hydrogens (primary N) is 1. The minimum Gasteiger partial charge on any atom is -0.481 e. The van der Waals surface area contributed by atoms with Gasteiger partial charge in [0.15, 0.2) is 11.6 Å². The average molecular weight is 1090 g/mol. The second-order valence-electron chi connectivity index (χ2n) is 18.2. The van der Waals surface area contributed by atoms with Crippen molar-refractivity contribution in [1.29, 1.82) is 0 Å². The lowest BCUT2D eigenvalue weighted by atomic mass is 9.89. The zero-order valence-electron chi connectivity index (χ0n) is 42.5. The third kappa shape index (κ3) is 30.9. The molecule has 1 aliphatic heterocycles. The molecular formula is C46H73N9O21. The molecule has 30 nitrogen and oxygen atoms in total. The number of carbonyl (C=O) groups excluding carboxylic acids is 8. The van der Waals surface area contributed by atoms with Gasteiger partial charge < -0.3 is 62.4 Å². The molecule has 76 heavy (non-hydrogen) atoms. The van der Waals surface area contributed by atoms with Crippen LogP contribution in [0.15, 0.2) is 0 Å². The van der Waals surface area contributed by atoms with Gasteiger partial charge in [-0.1, -0.05) is 0 Å². The summed E-state index contributed by atoms with van der Waals surface area (Å²) in [5.41, 5.74) is 5.59. The second-order valence-corrected chi connectivity index (χ2v) is 18.2. The van der Waals surface area contributed by atoms with Crippen LogP contribution in [0.1, 0.15) is 90.4 Å². The fraction of sp³-hybridized carbons (Fsp3) is 0.696. The first-order valence-corrected chi connectivity index (χ1v) is 24.5. The first kappa shape index (κ1) is 66.8. The van der Waals surface area contributed by atoms with E-state index in [1.807, 2.05) is 0 Å². The molecule has 1 saturated heterocycles. The molecule has 0 bridgehead atoms. The van der Waals surface area contributed by atoms with E-state index in [2.05, 4.69) is 21.3 Å². The number of rotatable bonds is 38. The van der Waals surface area contributed by atoms with Crippen LogP contribution in [-0.4, -0.2) is 237 Å². The molecule has 428 valence electrons. The van der Waals surface area contributed by atoms with Gasteiger partial charge in [-0.05, 0) is 44.9 Å². The van der Waals surface area contributed by atoms with Crippen molar-refractivity contribution in [2.45, 2.75) is 109 Å². The number of unbranched alkanes of at least 4 members (excludes halogenated alkanes) is 1. The number of nitrogens with one attached hydrogen (secondary N) is 4. The molecule has 0 saturated carbocycles. The third-order valence-corrected chi connectivity index (χ3v) is 12.1. The van der Waals surface area contributed by atoms with Crippen LogP contribution < -0.4 is 27.0 Å². The van der Waals surface area contributed by atoms with Crippen molar-refractivity contribution in [3.63, 3.8) is 0 Å². The summed E-state index contributed by atoms with van der Waals surface area (Å²) in [7, 11) is 0. The van der Waals surface area contributed by atoms with E-state index in [0.29, 0.717) is 13.1 Å². The summed E-state index contributed by atoms with van der Waals surface area (Å²) in [6.45, 7) is 2.53. The van der Waals surface area contributed by atoms with Crippen LogP contribution in [0, 0.1) is 11.8 Å². The number of carboxylic acids is 6. The quantitative estimate of drug-likeness (QED) is 0.0210. The van der Waals surface area contributed by atoms with Crippen LogP contribution >= 0.6 is 0 Å². The highest BCUT2D eigenvalue weighted by atomic mass is 16.5. The molecule has 0 aromatic rings. The maximum Gasteiger partial charge on any atom is 0.317 e. The minimum absolute atomic E-state index is 0.0756. The normalized spacial score (nSPS) is 16.1. The topological polar surface area (TPSA) is 457 Å². The summed E-state index contributed by atoms with van der Waals surface area (Å²) in [6, 6.07) is -4.43. The van der Waals surface area contributed by atoms with E-state index < -0.39 is 165 Å². The number of ether oxygens (including phenoxy) is 1. The Morgan fingerprint density at radius 1 is 0.500 bits per heavy atom. The van der Waals surface area contributed by atoms with Crippen LogP contribution in [0.2, 0.25) is 0 Å². The standard InChI is InChI=1S/C46H73N9O21/c1-29(57)49-32(7-11-40(65)66)35(58)22-30(5-9-38(61)62)45(74)50-33(8-12-41(67)68)36(59)23-31(6-10-39(63)64)46(75)51-34(44(47)73)4-2-3-13-48-37(60)24-52-14-16-53(25-42(69)70)18-20-55(27-76-28-56)21-19-54(17-15-52)26-43(71)72/h28,30-34H,2-27H2,1H3,(H2,47,73)(H,48,60)(H,49,57)(H,50,74)(H,51,75)(H,61,62)(H,63,64)(H,65,66)(H,67,68)(H,69,70)(H,71,72)/t30-,31-,32+,33+,34+/m1/s1. The number of carbonyl (C=O) groups is 14. The first-order valence-electron chi connectivity index (χ1n) is 24.5. The molecule has 1 rings (SSSR count). The molecule has 5 atom stereocenters. The van der Waals surface area contributed by atoms with Crippen molar-refractivity contribution in [2.75, 3.05) is 85.3 Å². The zero-order chi connectivity index (χ0) is 57.3. The predicted molar refractivity (Wildman–Crippen MR) is 259 cm³/mol. The fourth-order valence-electron chi connectivity index (χ4n) is 7.95. The largest absolute Gasteiger partial charge is 0.481 e. The molecule has 0 unspecified atom stereocenters. The Morgan fingerprint density at radius 2 is 0.882 bits per heavy atom. The second kappa shape index (κ2) is 36.7. The van der Waals surface area contributed by atoms with Gasteiger partial charge in [-0.2, -0.15) is 0 Å². The molecule has 0 radical (unpaired) electrons. The third-order valence-electron chi connectivity index (χ3n) is 12.1. The number of aliphatic carboxylic acids is 6. The van der Waals surface area contributed by atoms with Crippen molar-refractivity contribution in [3.8, 4) is 0 Å². The first-order chi connectivity index (χ1) is 35.8. The van der Waals surface area contributed by atoms with Gasteiger partial charge in [0.2, 0.25) is 29.5 Å². The fourth-order valence-corrected chi connectivity index (χ4v) is 7.95. The molecule has 12 N–H and O–H groups in total. The molecule has 5 amide bonds. The number of Topliss-reactive ketones (excluding diaryl/α,β-unsaturated/α-hetero) is 2. The van der Waals surface area contributed by atoms with E-state index in [9.17, 15) is 92.7 Å². The summed E-state index contributed by atoms with van der Waals surface area (Å²) in [4.78, 5) is 179. The van der Waals surface area contributed by atoms with Gasteiger partial charge in [-0.15, -0.1) is 0 Å². The number of hydrogen-bond donors (Lipinski definition) is 11. The van der Waals surface area contributed by atoms with Gasteiger partial charge in [0, 0.05) is 116 Å². The van der Waals surface area contributed by atoms with Crippen LogP contribution in [0.25, 0.3) is 0 Å². The van der Waals surface area contributed by atoms with E-state index in [1.165, 1.54) is 0 Å². The summed E-state index contributed by atoms with van der Waals surface area (Å²) >= 11 is 0. The highest BCUT2D eigenvalue weighted by molar-refractivity contribution is 5.96. The molecule has 0 aliphatic carbocycles. The maximum absolute atomic E-state index is 13.8. The van der Waals surface area contributed by atoms with Gasteiger partial charge in [-0.3, -0.25) is 86.7 Å². The average Bonchev–Trinajstić information content (AvgIpc) is 3.32. The lowest BCUT2D eigenvalue weighted by Crippen LogP contribution is -2.49. The van der Waals surface area contributed by atoms with Gasteiger partial charge >= 0.3 is 35.8 Å². The van der Waals surface area contributed by atoms with Crippen LogP contribution in [0.5, 0.6) is 0 Å². The van der Waals surface area contributed by atoms with Gasteiger partial charge in [0.05, 0.1) is 31.7 Å². The Bertz CT molecular complexity index is 1990. The van der Waals surface area contributed by atoms with Crippen LogP contribution in [0.3, 0.4) is 0 Å². The Kier molecular flexibility index (Phi) is 32.3. The summed E-state index contributed by atoms with van der Waals surface area (Å²) in [6.07, 6.45) is -5.72. The van der Waals surface area contributed by atoms with Crippen molar-refractivity contribution in [1.82, 2.24) is 40.9 Å². The number of primary amides is 1. The maximum atomic E-state index is 13.8. The number of amides is 5. The number of carboxylic acid groups (broad SMARTS) is 6. The van der Waals surface area contributed by atoms with E-state index in [-0.39, 0.29) is 104 Å². The Labute approximate surface area is 437 Å². The Balaban J connectivity index is 3.12. The highest BCUT2D eigenvalue weighted by Crippen LogP contribution is 2.20. The van der Waals surface area contributed by atoms with E-state index in [0.717, 1.165) is 6.92 Å². The summed E-state index contributed by atoms with van der Waals surface area (Å²) in [5, 5.41) is 66.1. The molecule has 1 fully saturated rings. The van der Waals surface area contributed by atoms with Crippen LogP contribution in [0.4, 0.5) is 0 Å². The van der Waals surface area contributed by atoms with E-state index in [1.54, 1.807) is 19.6 Å². The SMILES string of the molecule is CC(=O)N[C@@H](CCC(=O)O)C(=O)C[C@@H](CCC(=O)O)C(=O)N[C@@H](CCC(=O)O)C(=O)C[C@@H](CCC(=O)O)C(=O)N[C@@H](CCCCNC(=O)CN1CCN(CC(=O)O)CCN(COC=O)CCN(CC(=O)O)CC1)C(N)=O. The minimum atomic E-state index is -1.68. The summed E-state index contributed by atoms with van der Waals surface area (Å²) in [5.74, 6) is -16.7. The Hall–Kier alpha value is -7.18. The van der Waals surface area contributed by atoms with E-state index >= 15 is 0 Å². The Morgan fingerprint density at radius 3 is 1.26 bits per heavy atom. The number of nitrogens with zero attached hydrogens (tertiary/aromatic N) is 4. The molecule has 0 aromatic carbocycles. The number of ketones is 2. The monoisotopic (exact) mass is 1090 g/mol. The lowest BCUT2D eigenvalue weighted by Gasteiger charge is -2.32. The van der Waals surface area contributed by atoms with Gasteiger partial charge in [0.25, 0.3) is 6.47 Å². The van der Waals surface area contributed by atoms with E-state index in [4.69, 9.17) is 15.6 Å². The highest BCUT2D eigenvalue weighted by Gasteiger charge is 2.34. The molecule has 1 heterocycles.